The Morgan fingerprint density at radius 3 is 2.37 bits per heavy atom. The molecule has 1 aliphatic rings. The van der Waals surface area contributed by atoms with Gasteiger partial charge in [0, 0.05) is 21.9 Å². The van der Waals surface area contributed by atoms with Crippen LogP contribution >= 0.6 is 15.9 Å². The predicted molar refractivity (Wildman–Crippen MR) is 128 cm³/mol. The number of hydrogen-bond donors (Lipinski definition) is 3. The van der Waals surface area contributed by atoms with Gasteiger partial charge in [0.05, 0.1) is 12.0 Å². The number of nitrogens with zero attached hydrogens (tertiary/aromatic N) is 2. The summed E-state index contributed by atoms with van der Waals surface area (Å²) in [5.41, 5.74) is 3.15. The van der Waals surface area contributed by atoms with Crippen LogP contribution in [0.4, 0.5) is 16.2 Å². The van der Waals surface area contributed by atoms with Gasteiger partial charge < -0.3 is 9.73 Å². The van der Waals surface area contributed by atoms with E-state index in [1.807, 2.05) is 0 Å². The average Bonchev–Trinajstić information content (AvgIpc) is 3.38. The number of imide groups is 2. The molecule has 11 nitrogen and oxygen atoms in total. The summed E-state index contributed by atoms with van der Waals surface area (Å²) < 4.78 is 5.76. The van der Waals surface area contributed by atoms with E-state index < -0.39 is 35.6 Å². The van der Waals surface area contributed by atoms with Gasteiger partial charge in [0.25, 0.3) is 17.7 Å². The fraction of sp³-hybridized carbons (Fsp3) is 0.0435. The van der Waals surface area contributed by atoms with Crippen molar-refractivity contribution in [2.75, 3.05) is 10.2 Å². The number of anilines is 2. The van der Waals surface area contributed by atoms with Crippen molar-refractivity contribution in [2.24, 2.45) is 11.0 Å². The Morgan fingerprint density at radius 2 is 1.71 bits per heavy atom. The minimum atomic E-state index is -1.42. The minimum absolute atomic E-state index is 0.142. The predicted octanol–water partition coefficient (Wildman–Crippen LogP) is 2.91. The van der Waals surface area contributed by atoms with E-state index in [1.165, 1.54) is 48.7 Å². The number of benzene rings is 2. The third-order valence-electron chi connectivity index (χ3n) is 4.83. The lowest BCUT2D eigenvalue weighted by atomic mass is 10.1. The van der Waals surface area contributed by atoms with Gasteiger partial charge in [-0.25, -0.2) is 15.1 Å². The van der Waals surface area contributed by atoms with Crippen molar-refractivity contribution in [1.29, 1.82) is 0 Å². The smallest absolute Gasteiger partial charge is 0.335 e. The Balaban J connectivity index is 1.38. The van der Waals surface area contributed by atoms with Gasteiger partial charge in [-0.15, -0.1) is 0 Å². The summed E-state index contributed by atoms with van der Waals surface area (Å²) in [5.74, 6) is -4.00. The molecule has 6 amide bonds. The van der Waals surface area contributed by atoms with E-state index in [2.05, 4.69) is 37.1 Å². The highest BCUT2D eigenvalue weighted by Gasteiger charge is 2.40. The number of amides is 6. The molecule has 0 spiro atoms. The molecule has 0 saturated carbocycles. The molecule has 2 aromatic carbocycles. The van der Waals surface area contributed by atoms with Gasteiger partial charge in [-0.1, -0.05) is 15.9 Å². The summed E-state index contributed by atoms with van der Waals surface area (Å²) in [5, 5.41) is 8.43. The zero-order valence-electron chi connectivity index (χ0n) is 17.7. The molecule has 176 valence electrons. The number of carbonyl (C=O) groups is 5. The van der Waals surface area contributed by atoms with Crippen molar-refractivity contribution in [3.05, 3.63) is 82.7 Å². The molecule has 4 rings (SSSR count). The summed E-state index contributed by atoms with van der Waals surface area (Å²) in [6.07, 6.45) is 2.33. The van der Waals surface area contributed by atoms with E-state index in [0.29, 0.717) is 5.69 Å². The van der Waals surface area contributed by atoms with Crippen molar-refractivity contribution >= 4 is 63.2 Å². The van der Waals surface area contributed by atoms with Crippen molar-refractivity contribution in [3.63, 3.8) is 0 Å². The van der Waals surface area contributed by atoms with Crippen LogP contribution in [-0.4, -0.2) is 35.9 Å². The first-order valence-corrected chi connectivity index (χ1v) is 10.9. The van der Waals surface area contributed by atoms with Crippen LogP contribution in [0.25, 0.3) is 0 Å². The number of carbonyl (C=O) groups excluding carboxylic acids is 5. The molecule has 0 aliphatic carbocycles. The molecule has 0 unspecified atom stereocenters. The monoisotopic (exact) mass is 537 g/mol. The van der Waals surface area contributed by atoms with Crippen LogP contribution in [0.2, 0.25) is 0 Å². The van der Waals surface area contributed by atoms with E-state index in [4.69, 9.17) is 4.42 Å². The molecule has 2 heterocycles. The SMILES string of the molecule is O=C(N/N=C\[C@@H]1C(=O)NC(=O)N(c2ccc(Br)cc2)C1=O)c1ccc(NC(=O)c2ccco2)cc1. The van der Waals surface area contributed by atoms with E-state index in [-0.39, 0.29) is 17.0 Å². The molecule has 1 atom stereocenters. The number of hydrogen-bond acceptors (Lipinski definition) is 7. The second-order valence-corrected chi connectivity index (χ2v) is 8.07. The van der Waals surface area contributed by atoms with Gasteiger partial charge in [-0.2, -0.15) is 5.10 Å². The van der Waals surface area contributed by atoms with Crippen LogP contribution in [0.15, 0.2) is 80.9 Å². The summed E-state index contributed by atoms with van der Waals surface area (Å²) >= 11 is 3.27. The van der Waals surface area contributed by atoms with Crippen LogP contribution in [0.5, 0.6) is 0 Å². The quantitative estimate of drug-likeness (QED) is 0.250. The maximum Gasteiger partial charge on any atom is 0.335 e. The number of nitrogens with one attached hydrogen (secondary N) is 3. The second-order valence-electron chi connectivity index (χ2n) is 7.15. The standard InChI is InChI=1S/C23H16BrN5O6/c24-14-5-9-16(10-6-14)29-22(33)17(20(31)27-23(29)34)12-25-28-19(30)13-3-7-15(8-4-13)26-21(32)18-2-1-11-35-18/h1-12,17H,(H,26,32)(H,28,30)(H,27,31,34)/b25-12-/t17-/m1/s1. The molecule has 0 bridgehead atoms. The minimum Gasteiger partial charge on any atom is -0.459 e. The molecule has 0 radical (unpaired) electrons. The first-order chi connectivity index (χ1) is 16.8. The van der Waals surface area contributed by atoms with Gasteiger partial charge in [0.2, 0.25) is 5.91 Å². The molecule has 1 aliphatic heterocycles. The first-order valence-electron chi connectivity index (χ1n) is 10.1. The Kier molecular flexibility index (Phi) is 6.83. The fourth-order valence-corrected chi connectivity index (χ4v) is 3.36. The Bertz CT molecular complexity index is 1320. The van der Waals surface area contributed by atoms with Gasteiger partial charge in [0.15, 0.2) is 11.7 Å². The lowest BCUT2D eigenvalue weighted by Crippen LogP contribution is -2.58. The maximum atomic E-state index is 12.8. The van der Waals surface area contributed by atoms with E-state index in [9.17, 15) is 24.0 Å². The summed E-state index contributed by atoms with van der Waals surface area (Å²) in [7, 11) is 0. The summed E-state index contributed by atoms with van der Waals surface area (Å²) in [4.78, 5) is 62.3. The second kappa shape index (κ2) is 10.1. The van der Waals surface area contributed by atoms with Crippen molar-refractivity contribution in [2.45, 2.75) is 0 Å². The molecule has 3 aromatic rings. The number of barbiturate groups is 1. The number of furan rings is 1. The number of hydrazone groups is 1. The zero-order chi connectivity index (χ0) is 24.9. The van der Waals surface area contributed by atoms with Crippen LogP contribution < -0.4 is 21.0 Å². The molecule has 3 N–H and O–H groups in total. The largest absolute Gasteiger partial charge is 0.459 e. The molecule has 1 fully saturated rings. The van der Waals surface area contributed by atoms with Crippen LogP contribution in [0.1, 0.15) is 20.9 Å². The molecule has 1 aromatic heterocycles. The Labute approximate surface area is 206 Å². The first kappa shape index (κ1) is 23.6. The molecule has 12 heteroatoms. The lowest BCUT2D eigenvalue weighted by Gasteiger charge is -2.28. The van der Waals surface area contributed by atoms with E-state index >= 15 is 0 Å². The van der Waals surface area contributed by atoms with Gasteiger partial charge in [-0.05, 0) is 60.7 Å². The topological polar surface area (TPSA) is 150 Å². The van der Waals surface area contributed by atoms with E-state index in [0.717, 1.165) is 15.6 Å². The fourth-order valence-electron chi connectivity index (χ4n) is 3.10. The Hall–Kier alpha value is -4.58. The summed E-state index contributed by atoms with van der Waals surface area (Å²) in [6.45, 7) is 0. The van der Waals surface area contributed by atoms with Gasteiger partial charge >= 0.3 is 6.03 Å². The van der Waals surface area contributed by atoms with Crippen molar-refractivity contribution in [1.82, 2.24) is 10.7 Å². The van der Waals surface area contributed by atoms with Gasteiger partial charge in [0.1, 0.15) is 0 Å². The Morgan fingerprint density at radius 1 is 1.00 bits per heavy atom. The third kappa shape index (κ3) is 5.33. The normalized spacial score (nSPS) is 15.7. The van der Waals surface area contributed by atoms with Crippen molar-refractivity contribution in [3.8, 4) is 0 Å². The third-order valence-corrected chi connectivity index (χ3v) is 5.36. The van der Waals surface area contributed by atoms with E-state index in [1.54, 1.807) is 18.2 Å². The number of rotatable bonds is 6. The number of urea groups is 1. The summed E-state index contributed by atoms with van der Waals surface area (Å²) in [6, 6.07) is 14.5. The van der Waals surface area contributed by atoms with Crippen LogP contribution in [0, 0.1) is 5.92 Å². The van der Waals surface area contributed by atoms with Crippen LogP contribution in [0.3, 0.4) is 0 Å². The molecular weight excluding hydrogens is 522 g/mol. The highest BCUT2D eigenvalue weighted by molar-refractivity contribution is 9.10. The molecule has 1 saturated heterocycles. The average molecular weight is 538 g/mol. The highest BCUT2D eigenvalue weighted by atomic mass is 79.9. The maximum absolute atomic E-state index is 12.8. The lowest BCUT2D eigenvalue weighted by molar-refractivity contribution is -0.131. The molecular formula is C23H16BrN5O6. The zero-order valence-corrected chi connectivity index (χ0v) is 19.3. The van der Waals surface area contributed by atoms with Crippen molar-refractivity contribution < 1.29 is 28.4 Å². The van der Waals surface area contributed by atoms with Crippen LogP contribution in [-0.2, 0) is 9.59 Å². The van der Waals surface area contributed by atoms with Gasteiger partial charge in [-0.3, -0.25) is 24.5 Å². The number of halogens is 1. The molecule has 35 heavy (non-hydrogen) atoms. The highest BCUT2D eigenvalue weighted by Crippen LogP contribution is 2.22.